The fraction of sp³-hybridized carbons (Fsp3) is 0.667. The first-order valence-corrected chi connectivity index (χ1v) is 13.6. The van der Waals surface area contributed by atoms with Gasteiger partial charge in [-0.25, -0.2) is 0 Å². The highest BCUT2D eigenvalue weighted by molar-refractivity contribution is 5.80. The number of amides is 2. The Kier molecular flexibility index (Phi) is 9.32. The Balaban J connectivity index is 1.64. The van der Waals surface area contributed by atoms with Gasteiger partial charge in [-0.3, -0.25) is 19.3 Å². The van der Waals surface area contributed by atoms with E-state index in [0.717, 1.165) is 24.8 Å². The fourth-order valence-electron chi connectivity index (χ4n) is 5.81. The first-order valence-electron chi connectivity index (χ1n) is 13.6. The van der Waals surface area contributed by atoms with Crippen molar-refractivity contribution in [1.82, 2.24) is 14.7 Å². The van der Waals surface area contributed by atoms with Gasteiger partial charge >= 0.3 is 5.97 Å². The maximum atomic E-state index is 13.5. The molecule has 1 aromatic rings. The average Bonchev–Trinajstić information content (AvgIpc) is 3.63. The van der Waals surface area contributed by atoms with Crippen molar-refractivity contribution in [3.63, 3.8) is 0 Å². The van der Waals surface area contributed by atoms with Crippen molar-refractivity contribution >= 4 is 17.8 Å². The second-order valence-electron chi connectivity index (χ2n) is 10.2. The van der Waals surface area contributed by atoms with Gasteiger partial charge in [-0.2, -0.15) is 0 Å². The van der Waals surface area contributed by atoms with Crippen molar-refractivity contribution in [3.8, 4) is 17.2 Å². The van der Waals surface area contributed by atoms with Gasteiger partial charge in [0.05, 0.1) is 19.6 Å². The summed E-state index contributed by atoms with van der Waals surface area (Å²) in [7, 11) is 1.53. The normalized spacial score (nSPS) is 22.8. The van der Waals surface area contributed by atoms with Gasteiger partial charge in [0.25, 0.3) is 0 Å². The standard InChI is InChI=1S/C27H40N4O7/c1-3-4-9-29(11-6-8-28)24(33)16-31-14-19(18-12-21(36-2)26-22(13-18)37-17-38-26)25(27(34)35)20(31)15-30-10-5-7-23(30)32/h12-13,19-20,25H,3-11,14-17,28H2,1-2H3,(H,34,35)/t19-,20+,25?/m1/s1. The second kappa shape index (κ2) is 12.7. The van der Waals surface area contributed by atoms with E-state index in [9.17, 15) is 19.5 Å². The smallest absolute Gasteiger partial charge is 0.308 e. The Hall–Kier alpha value is -3.05. The molecule has 1 unspecified atom stereocenters. The quantitative estimate of drug-likeness (QED) is 0.387. The molecule has 3 aliphatic rings. The van der Waals surface area contributed by atoms with E-state index in [1.165, 1.54) is 7.11 Å². The number of aliphatic carboxylic acids is 1. The molecule has 0 bridgehead atoms. The van der Waals surface area contributed by atoms with Crippen LogP contribution in [0.1, 0.15) is 50.5 Å². The zero-order valence-corrected chi connectivity index (χ0v) is 22.4. The average molecular weight is 533 g/mol. The molecule has 3 heterocycles. The van der Waals surface area contributed by atoms with Gasteiger partial charge in [-0.1, -0.05) is 13.3 Å². The molecule has 0 saturated carbocycles. The molecule has 0 radical (unpaired) electrons. The van der Waals surface area contributed by atoms with Gasteiger partial charge in [0.2, 0.25) is 24.4 Å². The van der Waals surface area contributed by atoms with Crippen LogP contribution in [0.5, 0.6) is 17.2 Å². The molecule has 3 aliphatic heterocycles. The number of hydrogen-bond donors (Lipinski definition) is 2. The van der Waals surface area contributed by atoms with E-state index in [1.807, 2.05) is 15.9 Å². The molecule has 2 saturated heterocycles. The topological polar surface area (TPSA) is 135 Å². The van der Waals surface area contributed by atoms with E-state index in [4.69, 9.17) is 19.9 Å². The first kappa shape index (κ1) is 28.0. The van der Waals surface area contributed by atoms with E-state index in [2.05, 4.69) is 6.92 Å². The minimum Gasteiger partial charge on any atom is -0.493 e. The Morgan fingerprint density at radius 2 is 2.03 bits per heavy atom. The maximum Gasteiger partial charge on any atom is 0.308 e. The summed E-state index contributed by atoms with van der Waals surface area (Å²) in [5.41, 5.74) is 6.46. The number of fused-ring (bicyclic) bond motifs is 1. The summed E-state index contributed by atoms with van der Waals surface area (Å²) in [5.74, 6) is -0.736. The van der Waals surface area contributed by atoms with Crippen LogP contribution in [0.25, 0.3) is 0 Å². The molecule has 4 rings (SSSR count). The fourth-order valence-corrected chi connectivity index (χ4v) is 5.81. The molecule has 11 heteroatoms. The molecule has 3 atom stereocenters. The Morgan fingerprint density at radius 1 is 1.24 bits per heavy atom. The molecule has 0 aliphatic carbocycles. The monoisotopic (exact) mass is 532 g/mol. The van der Waals surface area contributed by atoms with Gasteiger partial charge in [-0.15, -0.1) is 0 Å². The van der Waals surface area contributed by atoms with E-state index in [-0.39, 0.29) is 31.7 Å². The molecule has 3 N–H and O–H groups in total. The molecule has 11 nitrogen and oxygen atoms in total. The van der Waals surface area contributed by atoms with E-state index in [1.54, 1.807) is 11.0 Å². The van der Waals surface area contributed by atoms with Crippen LogP contribution in [0.3, 0.4) is 0 Å². The number of carboxylic acids is 1. The summed E-state index contributed by atoms with van der Waals surface area (Å²) in [5, 5.41) is 10.4. The molecule has 2 fully saturated rings. The minimum atomic E-state index is -0.954. The van der Waals surface area contributed by atoms with Crippen molar-refractivity contribution in [2.45, 2.75) is 51.0 Å². The molecule has 0 aromatic heterocycles. The van der Waals surface area contributed by atoms with Crippen LogP contribution in [-0.4, -0.2) is 103 Å². The third-order valence-corrected chi connectivity index (χ3v) is 7.83. The van der Waals surface area contributed by atoms with Gasteiger partial charge < -0.3 is 34.9 Å². The lowest BCUT2D eigenvalue weighted by atomic mass is 9.84. The summed E-state index contributed by atoms with van der Waals surface area (Å²) in [4.78, 5) is 44.3. The molecule has 1 aromatic carbocycles. The summed E-state index contributed by atoms with van der Waals surface area (Å²) in [6.45, 7) is 5.18. The summed E-state index contributed by atoms with van der Waals surface area (Å²) in [6.07, 6.45) is 3.79. The summed E-state index contributed by atoms with van der Waals surface area (Å²) >= 11 is 0. The zero-order valence-electron chi connectivity index (χ0n) is 22.4. The highest BCUT2D eigenvalue weighted by atomic mass is 16.7. The number of rotatable bonds is 13. The van der Waals surface area contributed by atoms with Crippen LogP contribution in [0, 0.1) is 5.92 Å². The largest absolute Gasteiger partial charge is 0.493 e. The number of likely N-dealkylation sites (tertiary alicyclic amines) is 2. The van der Waals surface area contributed by atoms with E-state index in [0.29, 0.717) is 62.8 Å². The predicted molar refractivity (Wildman–Crippen MR) is 139 cm³/mol. The lowest BCUT2D eigenvalue weighted by Crippen LogP contribution is -2.49. The molecular weight excluding hydrogens is 492 g/mol. The van der Waals surface area contributed by atoms with Crippen LogP contribution in [0.4, 0.5) is 0 Å². The minimum absolute atomic E-state index is 0.0288. The van der Waals surface area contributed by atoms with Crippen LogP contribution < -0.4 is 19.9 Å². The van der Waals surface area contributed by atoms with Gasteiger partial charge in [0, 0.05) is 51.1 Å². The zero-order chi connectivity index (χ0) is 27.2. The summed E-state index contributed by atoms with van der Waals surface area (Å²) in [6, 6.07) is 3.10. The number of carbonyl (C=O) groups excluding carboxylic acids is 2. The predicted octanol–water partition coefficient (Wildman–Crippen LogP) is 1.49. The van der Waals surface area contributed by atoms with Gasteiger partial charge in [0.15, 0.2) is 11.5 Å². The van der Waals surface area contributed by atoms with Crippen molar-refractivity contribution in [2.24, 2.45) is 11.7 Å². The van der Waals surface area contributed by atoms with Crippen LogP contribution in [0.2, 0.25) is 0 Å². The molecule has 38 heavy (non-hydrogen) atoms. The third-order valence-electron chi connectivity index (χ3n) is 7.83. The number of ether oxygens (including phenoxy) is 3. The highest BCUT2D eigenvalue weighted by Crippen LogP contribution is 2.47. The Bertz CT molecular complexity index is 1010. The lowest BCUT2D eigenvalue weighted by molar-refractivity contribution is -0.144. The van der Waals surface area contributed by atoms with E-state index < -0.39 is 23.8 Å². The SMILES string of the molecule is CCCCN(CCCN)C(=O)CN1C[C@H](c2cc(OC)c3c(c2)OCO3)C(C(=O)O)[C@@H]1CN1CCCC1=O. The first-order chi connectivity index (χ1) is 18.4. The van der Waals surface area contributed by atoms with Crippen molar-refractivity contribution in [3.05, 3.63) is 17.7 Å². The van der Waals surface area contributed by atoms with Gasteiger partial charge in [0.1, 0.15) is 0 Å². The van der Waals surface area contributed by atoms with Crippen LogP contribution in [-0.2, 0) is 14.4 Å². The lowest BCUT2D eigenvalue weighted by Gasteiger charge is -2.32. The molecule has 0 spiro atoms. The number of nitrogens with two attached hydrogens (primary N) is 1. The molecular formula is C27H40N4O7. The van der Waals surface area contributed by atoms with Crippen LogP contribution in [0.15, 0.2) is 12.1 Å². The number of carboxylic acid groups (broad SMARTS) is 1. The summed E-state index contributed by atoms with van der Waals surface area (Å²) < 4.78 is 16.6. The van der Waals surface area contributed by atoms with Gasteiger partial charge in [-0.05, 0) is 43.5 Å². The Labute approximate surface area is 223 Å². The van der Waals surface area contributed by atoms with Crippen molar-refractivity contribution in [2.75, 3.05) is 59.7 Å². The van der Waals surface area contributed by atoms with Crippen molar-refractivity contribution < 1.29 is 33.7 Å². The number of unbranched alkanes of at least 4 members (excludes halogenated alkanes) is 1. The third kappa shape index (κ3) is 5.99. The molecule has 210 valence electrons. The highest BCUT2D eigenvalue weighted by Gasteiger charge is 2.49. The van der Waals surface area contributed by atoms with Crippen molar-refractivity contribution in [1.29, 1.82) is 0 Å². The van der Waals surface area contributed by atoms with Crippen LogP contribution >= 0.6 is 0 Å². The Morgan fingerprint density at radius 3 is 2.68 bits per heavy atom. The van der Waals surface area contributed by atoms with E-state index >= 15 is 0 Å². The number of carbonyl (C=O) groups is 3. The maximum absolute atomic E-state index is 13.5. The number of hydrogen-bond acceptors (Lipinski definition) is 8. The number of methoxy groups -OCH3 is 1. The molecule has 2 amide bonds. The number of benzene rings is 1. The second-order valence-corrected chi connectivity index (χ2v) is 10.2. The number of nitrogens with zero attached hydrogens (tertiary/aromatic N) is 3.